The quantitative estimate of drug-likeness (QED) is 0.382. The fourth-order valence-electron chi connectivity index (χ4n) is 3.34. The molecule has 9 heteroatoms. The minimum atomic E-state index is -4.16. The third-order valence-electron chi connectivity index (χ3n) is 4.96. The zero-order chi connectivity index (χ0) is 17.7. The zero-order valence-electron chi connectivity index (χ0n) is 15.3. The molecule has 0 bridgehead atoms. The lowest BCUT2D eigenvalue weighted by Gasteiger charge is -2.39. The van der Waals surface area contributed by atoms with E-state index in [0.29, 0.717) is 32.1 Å². The van der Waals surface area contributed by atoms with E-state index < -0.39 is 12.2 Å². The van der Waals surface area contributed by atoms with Crippen LogP contribution in [0.1, 0.15) is 20.3 Å². The standard InChI is InChI=1S/C16H30F3N5.HI/c1-4-20-15(21-11-14-5-6-22(3)12-14)24-9-7-23(8-10-24)13(2)16(17,18)19;/h13-14H,4-12H2,1-3H3,(H,20,21);1H. The van der Waals surface area contributed by atoms with Gasteiger partial charge < -0.3 is 15.1 Å². The molecule has 2 aliphatic heterocycles. The average Bonchev–Trinajstić information content (AvgIpc) is 2.95. The summed E-state index contributed by atoms with van der Waals surface area (Å²) in [6.45, 7) is 8.98. The summed E-state index contributed by atoms with van der Waals surface area (Å²) < 4.78 is 38.5. The molecule has 0 aromatic carbocycles. The number of hydrogen-bond acceptors (Lipinski definition) is 3. The van der Waals surface area contributed by atoms with Crippen LogP contribution in [0.3, 0.4) is 0 Å². The van der Waals surface area contributed by atoms with Crippen molar-refractivity contribution in [2.24, 2.45) is 10.9 Å². The van der Waals surface area contributed by atoms with E-state index in [2.05, 4.69) is 22.2 Å². The van der Waals surface area contributed by atoms with E-state index in [1.165, 1.54) is 11.8 Å². The summed E-state index contributed by atoms with van der Waals surface area (Å²) in [6.07, 6.45) is -2.99. The van der Waals surface area contributed by atoms with E-state index in [0.717, 1.165) is 38.6 Å². The minimum Gasteiger partial charge on any atom is -0.357 e. The number of nitrogens with one attached hydrogen (secondary N) is 1. The Labute approximate surface area is 166 Å². The molecule has 2 atom stereocenters. The monoisotopic (exact) mass is 477 g/mol. The second-order valence-electron chi connectivity index (χ2n) is 6.85. The summed E-state index contributed by atoms with van der Waals surface area (Å²) in [7, 11) is 2.12. The van der Waals surface area contributed by atoms with E-state index in [9.17, 15) is 13.2 Å². The lowest BCUT2D eigenvalue weighted by atomic mass is 10.1. The lowest BCUT2D eigenvalue weighted by Crippen LogP contribution is -2.56. The number of halogens is 4. The van der Waals surface area contributed by atoms with E-state index in [1.54, 1.807) is 0 Å². The van der Waals surface area contributed by atoms with E-state index in [-0.39, 0.29) is 24.0 Å². The Morgan fingerprint density at radius 2 is 1.84 bits per heavy atom. The van der Waals surface area contributed by atoms with Gasteiger partial charge in [0.15, 0.2) is 5.96 Å². The third kappa shape index (κ3) is 6.74. The van der Waals surface area contributed by atoms with Gasteiger partial charge >= 0.3 is 6.18 Å². The molecule has 25 heavy (non-hydrogen) atoms. The molecule has 2 unspecified atom stereocenters. The average molecular weight is 477 g/mol. The Kier molecular flexibility index (Phi) is 9.24. The molecular weight excluding hydrogens is 446 g/mol. The molecule has 1 N–H and O–H groups in total. The van der Waals surface area contributed by atoms with Crippen LogP contribution in [0.4, 0.5) is 13.2 Å². The van der Waals surface area contributed by atoms with Gasteiger partial charge in [0.25, 0.3) is 0 Å². The van der Waals surface area contributed by atoms with E-state index in [1.807, 2.05) is 6.92 Å². The predicted octanol–water partition coefficient (Wildman–Crippen LogP) is 2.09. The maximum Gasteiger partial charge on any atom is 0.403 e. The maximum atomic E-state index is 12.8. The Hall–Kier alpha value is -0.290. The summed E-state index contributed by atoms with van der Waals surface area (Å²) in [5.41, 5.74) is 0. The van der Waals surface area contributed by atoms with Gasteiger partial charge in [-0.15, -0.1) is 24.0 Å². The highest BCUT2D eigenvalue weighted by Crippen LogP contribution is 2.25. The molecule has 2 rings (SSSR count). The van der Waals surface area contributed by atoms with Gasteiger partial charge in [0.1, 0.15) is 6.04 Å². The zero-order valence-corrected chi connectivity index (χ0v) is 17.7. The molecule has 0 saturated carbocycles. The topological polar surface area (TPSA) is 34.1 Å². The highest BCUT2D eigenvalue weighted by atomic mass is 127. The van der Waals surface area contributed by atoms with Crippen LogP contribution in [0.25, 0.3) is 0 Å². The molecule has 2 aliphatic rings. The van der Waals surface area contributed by atoms with Gasteiger partial charge in [-0.25, -0.2) is 0 Å². The van der Waals surface area contributed by atoms with Crippen LogP contribution < -0.4 is 5.32 Å². The summed E-state index contributed by atoms with van der Waals surface area (Å²) in [5, 5.41) is 3.28. The third-order valence-corrected chi connectivity index (χ3v) is 4.96. The van der Waals surface area contributed by atoms with Crippen molar-refractivity contribution in [2.45, 2.75) is 32.5 Å². The number of alkyl halides is 3. The van der Waals surface area contributed by atoms with E-state index in [4.69, 9.17) is 4.99 Å². The molecule has 2 fully saturated rings. The van der Waals surface area contributed by atoms with Gasteiger partial charge in [0, 0.05) is 45.8 Å². The van der Waals surface area contributed by atoms with Gasteiger partial charge in [-0.05, 0) is 39.8 Å². The van der Waals surface area contributed by atoms with Crippen molar-refractivity contribution in [3.05, 3.63) is 0 Å². The summed E-state index contributed by atoms with van der Waals surface area (Å²) in [6, 6.07) is -1.38. The van der Waals surface area contributed by atoms with Gasteiger partial charge in [0.2, 0.25) is 0 Å². The predicted molar refractivity (Wildman–Crippen MR) is 106 cm³/mol. The normalized spacial score (nSPS) is 25.0. The first kappa shape index (κ1) is 22.8. The van der Waals surface area contributed by atoms with Crippen LogP contribution in [0, 0.1) is 5.92 Å². The first-order valence-electron chi connectivity index (χ1n) is 8.83. The van der Waals surface area contributed by atoms with Crippen molar-refractivity contribution in [3.8, 4) is 0 Å². The molecule has 0 radical (unpaired) electrons. The molecule has 2 saturated heterocycles. The molecule has 2 heterocycles. The second kappa shape index (κ2) is 10.1. The first-order chi connectivity index (χ1) is 11.3. The Bertz CT molecular complexity index is 424. The van der Waals surface area contributed by atoms with Gasteiger partial charge in [0.05, 0.1) is 0 Å². The molecule has 5 nitrogen and oxygen atoms in total. The highest BCUT2D eigenvalue weighted by Gasteiger charge is 2.41. The van der Waals surface area contributed by atoms with Crippen molar-refractivity contribution in [1.82, 2.24) is 20.0 Å². The summed E-state index contributed by atoms with van der Waals surface area (Å²) in [5.74, 6) is 1.42. The summed E-state index contributed by atoms with van der Waals surface area (Å²) >= 11 is 0. The highest BCUT2D eigenvalue weighted by molar-refractivity contribution is 14.0. The number of piperazine rings is 1. The van der Waals surface area contributed by atoms with Crippen LogP contribution in [0.2, 0.25) is 0 Å². The molecule has 148 valence electrons. The minimum absolute atomic E-state index is 0. The summed E-state index contributed by atoms with van der Waals surface area (Å²) in [4.78, 5) is 10.6. The Morgan fingerprint density at radius 1 is 1.20 bits per heavy atom. The fraction of sp³-hybridized carbons (Fsp3) is 0.938. The first-order valence-corrected chi connectivity index (χ1v) is 8.83. The number of aliphatic imine (C=N–C) groups is 1. The van der Waals surface area contributed by atoms with Gasteiger partial charge in [-0.1, -0.05) is 0 Å². The van der Waals surface area contributed by atoms with E-state index >= 15 is 0 Å². The Balaban J connectivity index is 0.00000312. The fourth-order valence-corrected chi connectivity index (χ4v) is 3.34. The molecular formula is C16H31F3IN5. The number of guanidine groups is 1. The molecule has 0 aliphatic carbocycles. The Morgan fingerprint density at radius 3 is 2.32 bits per heavy atom. The molecule has 0 aromatic rings. The SMILES string of the molecule is CCNC(=NCC1CCN(C)C1)N1CCN(C(C)C(F)(F)F)CC1.I. The van der Waals surface area contributed by atoms with Crippen molar-refractivity contribution in [3.63, 3.8) is 0 Å². The number of rotatable bonds is 4. The van der Waals surface area contributed by atoms with Crippen LogP contribution in [-0.2, 0) is 0 Å². The second-order valence-corrected chi connectivity index (χ2v) is 6.85. The lowest BCUT2D eigenvalue weighted by molar-refractivity contribution is -0.181. The van der Waals surface area contributed by atoms with Gasteiger partial charge in [-0.2, -0.15) is 13.2 Å². The van der Waals surface area contributed by atoms with Crippen LogP contribution in [0.15, 0.2) is 4.99 Å². The van der Waals surface area contributed by atoms with Crippen LogP contribution in [-0.4, -0.2) is 92.3 Å². The van der Waals surface area contributed by atoms with Gasteiger partial charge in [-0.3, -0.25) is 9.89 Å². The molecule has 0 aromatic heterocycles. The van der Waals surface area contributed by atoms with Crippen molar-refractivity contribution < 1.29 is 13.2 Å². The number of likely N-dealkylation sites (tertiary alicyclic amines) is 1. The number of hydrogen-bond donors (Lipinski definition) is 1. The van der Waals surface area contributed by atoms with Crippen molar-refractivity contribution in [1.29, 1.82) is 0 Å². The van der Waals surface area contributed by atoms with Crippen LogP contribution >= 0.6 is 24.0 Å². The van der Waals surface area contributed by atoms with Crippen molar-refractivity contribution in [2.75, 3.05) is 59.4 Å². The largest absolute Gasteiger partial charge is 0.403 e. The smallest absolute Gasteiger partial charge is 0.357 e. The number of nitrogens with zero attached hydrogens (tertiary/aromatic N) is 4. The molecule has 0 amide bonds. The van der Waals surface area contributed by atoms with Crippen LogP contribution in [0.5, 0.6) is 0 Å². The molecule has 0 spiro atoms. The maximum absolute atomic E-state index is 12.8. The van der Waals surface area contributed by atoms with Crippen molar-refractivity contribution >= 4 is 29.9 Å².